The maximum absolute atomic E-state index is 5.84. The van der Waals surface area contributed by atoms with Crippen molar-refractivity contribution in [2.24, 2.45) is 0 Å². The standard InChI is InChI=1S/C15H18N2S/c1-11-9-12(16)4-7-15(11)17(13-5-6-13)10-14-3-2-8-18-14/h2-4,7-9,13H,5-6,10,16H2,1H3. The molecule has 0 atom stereocenters. The first-order chi connectivity index (χ1) is 8.74. The Bertz CT molecular complexity index is 529. The van der Waals surface area contributed by atoms with Gasteiger partial charge in [0.1, 0.15) is 0 Å². The van der Waals surface area contributed by atoms with E-state index in [1.165, 1.54) is 29.0 Å². The molecule has 1 aliphatic carbocycles. The molecule has 2 N–H and O–H groups in total. The van der Waals surface area contributed by atoms with E-state index in [9.17, 15) is 0 Å². The Morgan fingerprint density at radius 1 is 1.33 bits per heavy atom. The molecule has 0 saturated heterocycles. The highest BCUT2D eigenvalue weighted by molar-refractivity contribution is 7.09. The quantitative estimate of drug-likeness (QED) is 0.845. The van der Waals surface area contributed by atoms with Crippen molar-refractivity contribution in [3.05, 3.63) is 46.2 Å². The van der Waals surface area contributed by atoms with Gasteiger partial charge in [0.2, 0.25) is 0 Å². The number of rotatable bonds is 4. The number of anilines is 2. The Morgan fingerprint density at radius 2 is 2.17 bits per heavy atom. The molecule has 0 amide bonds. The third-order valence-electron chi connectivity index (χ3n) is 3.42. The lowest BCUT2D eigenvalue weighted by molar-refractivity contribution is 0.800. The van der Waals surface area contributed by atoms with E-state index in [1.54, 1.807) is 0 Å². The van der Waals surface area contributed by atoms with E-state index in [0.29, 0.717) is 0 Å². The van der Waals surface area contributed by atoms with Gasteiger partial charge in [-0.2, -0.15) is 0 Å². The molecule has 0 bridgehead atoms. The molecule has 18 heavy (non-hydrogen) atoms. The lowest BCUT2D eigenvalue weighted by atomic mass is 10.1. The molecule has 1 aliphatic rings. The molecule has 2 nitrogen and oxygen atoms in total. The number of benzene rings is 1. The number of hydrogen-bond acceptors (Lipinski definition) is 3. The van der Waals surface area contributed by atoms with Gasteiger partial charge in [0.15, 0.2) is 0 Å². The second-order valence-electron chi connectivity index (χ2n) is 4.98. The van der Waals surface area contributed by atoms with Crippen LogP contribution in [-0.2, 0) is 6.54 Å². The fraction of sp³-hybridized carbons (Fsp3) is 0.333. The van der Waals surface area contributed by atoms with Crippen LogP contribution in [0.4, 0.5) is 11.4 Å². The molecule has 0 spiro atoms. The van der Waals surface area contributed by atoms with Crippen molar-refractivity contribution in [2.45, 2.75) is 32.4 Å². The smallest absolute Gasteiger partial charge is 0.0526 e. The molecule has 1 aromatic heterocycles. The van der Waals surface area contributed by atoms with Gasteiger partial charge in [0, 0.05) is 22.3 Å². The van der Waals surface area contributed by atoms with Crippen molar-refractivity contribution in [3.63, 3.8) is 0 Å². The summed E-state index contributed by atoms with van der Waals surface area (Å²) in [5, 5.41) is 2.15. The average molecular weight is 258 g/mol. The molecule has 94 valence electrons. The number of hydrogen-bond donors (Lipinski definition) is 1. The summed E-state index contributed by atoms with van der Waals surface area (Å²) in [6.07, 6.45) is 2.63. The van der Waals surface area contributed by atoms with Gasteiger partial charge >= 0.3 is 0 Å². The molecule has 0 aliphatic heterocycles. The summed E-state index contributed by atoms with van der Waals surface area (Å²) in [4.78, 5) is 3.96. The predicted octanol–water partition coefficient (Wildman–Crippen LogP) is 3.81. The number of nitrogens with two attached hydrogens (primary N) is 1. The Labute approximate surface area is 112 Å². The van der Waals surface area contributed by atoms with Crippen molar-refractivity contribution in [1.82, 2.24) is 0 Å². The van der Waals surface area contributed by atoms with Gasteiger partial charge in [0.05, 0.1) is 6.54 Å². The van der Waals surface area contributed by atoms with E-state index in [4.69, 9.17) is 5.73 Å². The van der Waals surface area contributed by atoms with Gasteiger partial charge in [-0.25, -0.2) is 0 Å². The summed E-state index contributed by atoms with van der Waals surface area (Å²) in [7, 11) is 0. The minimum Gasteiger partial charge on any atom is -0.399 e. The van der Waals surface area contributed by atoms with E-state index in [1.807, 2.05) is 17.4 Å². The summed E-state index contributed by atoms with van der Waals surface area (Å²) in [5.41, 5.74) is 9.30. The molecular formula is C15H18N2S. The van der Waals surface area contributed by atoms with E-state index >= 15 is 0 Å². The number of nitrogen functional groups attached to an aromatic ring is 1. The summed E-state index contributed by atoms with van der Waals surface area (Å²) >= 11 is 1.83. The van der Waals surface area contributed by atoms with E-state index < -0.39 is 0 Å². The molecular weight excluding hydrogens is 240 g/mol. The van der Waals surface area contributed by atoms with Crippen molar-refractivity contribution in [3.8, 4) is 0 Å². The number of aryl methyl sites for hydroxylation is 1. The predicted molar refractivity (Wildman–Crippen MR) is 79.1 cm³/mol. The van der Waals surface area contributed by atoms with Gasteiger partial charge in [-0.05, 0) is 55.0 Å². The second-order valence-corrected chi connectivity index (χ2v) is 6.02. The van der Waals surface area contributed by atoms with Crippen LogP contribution >= 0.6 is 11.3 Å². The van der Waals surface area contributed by atoms with E-state index in [-0.39, 0.29) is 0 Å². The molecule has 1 aromatic carbocycles. The molecule has 3 rings (SSSR count). The molecule has 2 aromatic rings. The molecule has 0 unspecified atom stereocenters. The molecule has 0 radical (unpaired) electrons. The van der Waals surface area contributed by atoms with Crippen molar-refractivity contribution < 1.29 is 0 Å². The first-order valence-electron chi connectivity index (χ1n) is 6.39. The van der Waals surface area contributed by atoms with Crippen LogP contribution in [0.25, 0.3) is 0 Å². The Kier molecular flexibility index (Phi) is 3.00. The maximum Gasteiger partial charge on any atom is 0.0526 e. The monoisotopic (exact) mass is 258 g/mol. The molecule has 1 saturated carbocycles. The fourth-order valence-electron chi connectivity index (χ4n) is 2.37. The van der Waals surface area contributed by atoms with E-state index in [0.717, 1.165) is 18.3 Å². The third-order valence-corrected chi connectivity index (χ3v) is 4.29. The van der Waals surface area contributed by atoms with Crippen molar-refractivity contribution in [2.75, 3.05) is 10.6 Å². The summed E-state index contributed by atoms with van der Waals surface area (Å²) < 4.78 is 0. The largest absolute Gasteiger partial charge is 0.399 e. The topological polar surface area (TPSA) is 29.3 Å². The molecule has 1 heterocycles. The van der Waals surface area contributed by atoms with Crippen molar-refractivity contribution in [1.29, 1.82) is 0 Å². The molecule has 1 fully saturated rings. The van der Waals surface area contributed by atoms with Gasteiger partial charge in [0.25, 0.3) is 0 Å². The van der Waals surface area contributed by atoms with Crippen LogP contribution < -0.4 is 10.6 Å². The zero-order chi connectivity index (χ0) is 12.5. The van der Waals surface area contributed by atoms with Gasteiger partial charge < -0.3 is 10.6 Å². The normalized spacial score (nSPS) is 14.7. The van der Waals surface area contributed by atoms with Crippen molar-refractivity contribution >= 4 is 22.7 Å². The lowest BCUT2D eigenvalue weighted by Gasteiger charge is -2.26. The zero-order valence-corrected chi connectivity index (χ0v) is 11.4. The first-order valence-corrected chi connectivity index (χ1v) is 7.27. The number of thiophene rings is 1. The van der Waals surface area contributed by atoms with Crippen LogP contribution in [0.1, 0.15) is 23.3 Å². The summed E-state index contributed by atoms with van der Waals surface area (Å²) in [5.74, 6) is 0. The highest BCUT2D eigenvalue weighted by atomic mass is 32.1. The zero-order valence-electron chi connectivity index (χ0n) is 10.6. The van der Waals surface area contributed by atoms with Crippen LogP contribution in [0.3, 0.4) is 0 Å². The highest BCUT2D eigenvalue weighted by Gasteiger charge is 2.30. The minimum absolute atomic E-state index is 0.717. The van der Waals surface area contributed by atoms with Crippen LogP contribution in [0.5, 0.6) is 0 Å². The van der Waals surface area contributed by atoms with Gasteiger partial charge in [-0.15, -0.1) is 11.3 Å². The lowest BCUT2D eigenvalue weighted by Crippen LogP contribution is -2.25. The Morgan fingerprint density at radius 3 is 2.78 bits per heavy atom. The highest BCUT2D eigenvalue weighted by Crippen LogP contribution is 2.35. The second kappa shape index (κ2) is 4.65. The summed E-state index contributed by atoms with van der Waals surface area (Å²) in [6, 6.07) is 11.3. The van der Waals surface area contributed by atoms with Crippen LogP contribution in [-0.4, -0.2) is 6.04 Å². The average Bonchev–Trinajstić information content (AvgIpc) is 3.05. The Hall–Kier alpha value is -1.48. The number of nitrogens with zero attached hydrogens (tertiary/aromatic N) is 1. The minimum atomic E-state index is 0.717. The van der Waals surface area contributed by atoms with Gasteiger partial charge in [-0.1, -0.05) is 6.07 Å². The van der Waals surface area contributed by atoms with Crippen LogP contribution in [0, 0.1) is 6.92 Å². The van der Waals surface area contributed by atoms with Crippen LogP contribution in [0.2, 0.25) is 0 Å². The SMILES string of the molecule is Cc1cc(N)ccc1N(Cc1cccs1)C1CC1. The molecule has 3 heteroatoms. The third kappa shape index (κ3) is 2.36. The van der Waals surface area contributed by atoms with E-state index in [2.05, 4.69) is 41.5 Å². The maximum atomic E-state index is 5.84. The van der Waals surface area contributed by atoms with Crippen LogP contribution in [0.15, 0.2) is 35.7 Å². The Balaban J connectivity index is 1.89. The fourth-order valence-corrected chi connectivity index (χ4v) is 3.07. The summed E-state index contributed by atoms with van der Waals surface area (Å²) in [6.45, 7) is 3.17. The van der Waals surface area contributed by atoms with Gasteiger partial charge in [-0.3, -0.25) is 0 Å². The first kappa shape index (κ1) is 11.6.